The Morgan fingerprint density at radius 1 is 1.00 bits per heavy atom. The minimum atomic E-state index is -0.710. The average Bonchev–Trinajstić information content (AvgIpc) is 3.43. The molecule has 1 N–H and O–H groups in total. The number of aromatic nitrogens is 1. The number of H-pyrrole nitrogens is 1. The number of methoxy groups -OCH3 is 1. The van der Waals surface area contributed by atoms with Gasteiger partial charge in [0.25, 0.3) is 0 Å². The minimum Gasteiger partial charge on any atom is -0.497 e. The van der Waals surface area contributed by atoms with Crippen molar-refractivity contribution < 1.29 is 19.1 Å². The molecule has 3 aromatic carbocycles. The first-order chi connectivity index (χ1) is 18.9. The van der Waals surface area contributed by atoms with E-state index in [4.69, 9.17) is 9.47 Å². The molecule has 0 spiro atoms. The highest BCUT2D eigenvalue weighted by atomic mass is 79.9. The molecule has 2 aliphatic rings. The Labute approximate surface area is 241 Å². The molecule has 2 amide bonds. The summed E-state index contributed by atoms with van der Waals surface area (Å²) >= 11 is 5.91. The van der Waals surface area contributed by atoms with E-state index in [1.54, 1.807) is 31.4 Å². The number of ether oxygens (including phenoxy) is 2. The van der Waals surface area contributed by atoms with Crippen molar-refractivity contribution in [1.82, 2.24) is 4.98 Å². The van der Waals surface area contributed by atoms with Crippen LogP contribution in [-0.2, 0) is 16.2 Å². The fraction of sp³-hybridized carbons (Fsp3) is 0.207. The number of anilines is 1. The van der Waals surface area contributed by atoms with Crippen LogP contribution in [0.25, 0.3) is 0 Å². The van der Waals surface area contributed by atoms with Crippen molar-refractivity contribution >= 4 is 56.5 Å². The van der Waals surface area contributed by atoms with Gasteiger partial charge in [-0.25, -0.2) is 4.90 Å². The van der Waals surface area contributed by atoms with Crippen LogP contribution in [0, 0.1) is 12.8 Å². The van der Waals surface area contributed by atoms with E-state index in [0.717, 1.165) is 37.4 Å². The van der Waals surface area contributed by atoms with Crippen molar-refractivity contribution in [3.05, 3.63) is 102 Å². The highest BCUT2D eigenvalue weighted by Gasteiger charge is 2.56. The molecule has 0 saturated carbocycles. The summed E-state index contributed by atoms with van der Waals surface area (Å²) in [4.78, 5) is 44.9. The quantitative estimate of drug-likeness (QED) is 0.270. The number of hydrogen-bond donors (Lipinski definition) is 1. The lowest BCUT2D eigenvalue weighted by Crippen LogP contribution is -2.32. The first kappa shape index (κ1) is 25.9. The zero-order chi connectivity index (χ0) is 27.3. The van der Waals surface area contributed by atoms with Gasteiger partial charge in [-0.3, -0.25) is 14.4 Å². The highest BCUT2D eigenvalue weighted by molar-refractivity contribution is 9.10. The highest BCUT2D eigenvalue weighted by Crippen LogP contribution is 2.54. The lowest BCUT2D eigenvalue weighted by Gasteiger charge is -2.31. The fourth-order valence-corrected chi connectivity index (χ4v) is 8.04. The van der Waals surface area contributed by atoms with Crippen LogP contribution in [0.5, 0.6) is 11.5 Å². The van der Waals surface area contributed by atoms with Gasteiger partial charge in [-0.05, 0) is 60.5 Å². The average molecular weight is 624 g/mol. The Bertz CT molecular complexity index is 1650. The number of aryl methyl sites for hydroxylation is 1. The largest absolute Gasteiger partial charge is 0.497 e. The van der Waals surface area contributed by atoms with Gasteiger partial charge in [-0.1, -0.05) is 63.3 Å². The first-order valence-electron chi connectivity index (χ1n) is 12.2. The summed E-state index contributed by atoms with van der Waals surface area (Å²) in [5, 5.41) is -0.0654. The summed E-state index contributed by atoms with van der Waals surface area (Å²) < 4.78 is 12.4. The van der Waals surface area contributed by atoms with Crippen molar-refractivity contribution in [1.29, 1.82) is 0 Å². The van der Waals surface area contributed by atoms with Crippen molar-refractivity contribution in [2.24, 2.45) is 5.92 Å². The van der Waals surface area contributed by atoms with E-state index in [1.165, 1.54) is 16.7 Å². The fourth-order valence-electron chi connectivity index (χ4n) is 5.16. The third-order valence-electron chi connectivity index (χ3n) is 7.11. The molecule has 0 aliphatic carbocycles. The van der Waals surface area contributed by atoms with Gasteiger partial charge in [-0.2, -0.15) is 0 Å². The number of halogens is 1. The van der Waals surface area contributed by atoms with Gasteiger partial charge in [-0.15, -0.1) is 0 Å². The Morgan fingerprint density at radius 2 is 1.77 bits per heavy atom. The molecule has 0 bridgehead atoms. The van der Waals surface area contributed by atoms with Gasteiger partial charge in [0.15, 0.2) is 0 Å². The summed E-state index contributed by atoms with van der Waals surface area (Å²) in [6, 6.07) is 20.5. The predicted molar refractivity (Wildman–Crippen MR) is 155 cm³/mol. The molecule has 3 heterocycles. The molecule has 3 unspecified atom stereocenters. The normalized spacial score (nSPS) is 20.1. The van der Waals surface area contributed by atoms with E-state index in [2.05, 4.69) is 20.9 Å². The van der Waals surface area contributed by atoms with Gasteiger partial charge < -0.3 is 14.5 Å². The molecule has 4 aromatic rings. The SMILES string of the molecule is COc1ccc(N2C(=O)C3Sc4[nH]c(=O)sc4C(c4cc(Br)ccc4OCc4ccccc4C)C3C2=O)cc1. The van der Waals surface area contributed by atoms with Crippen molar-refractivity contribution in [2.45, 2.75) is 29.7 Å². The molecular formula is C29H23BrN2O5S2. The molecule has 7 nitrogen and oxygen atoms in total. The summed E-state index contributed by atoms with van der Waals surface area (Å²) in [5.74, 6) is -0.624. The van der Waals surface area contributed by atoms with Crippen molar-refractivity contribution in [3.8, 4) is 11.5 Å². The second kappa shape index (κ2) is 10.3. The number of carbonyl (C=O) groups is 2. The van der Waals surface area contributed by atoms with E-state index in [0.29, 0.717) is 28.8 Å². The second-order valence-corrected chi connectivity index (χ2v) is 12.4. The number of carbonyl (C=O) groups excluding carboxylic acids is 2. The number of nitrogens with zero attached hydrogens (tertiary/aromatic N) is 1. The van der Waals surface area contributed by atoms with Crippen molar-refractivity contribution in [2.75, 3.05) is 12.0 Å². The van der Waals surface area contributed by atoms with Gasteiger partial charge in [0, 0.05) is 20.8 Å². The lowest BCUT2D eigenvalue weighted by atomic mass is 9.82. The standard InChI is InChI=1S/C29H23BrN2O5S2/c1-15-5-3-4-6-16(15)14-37-21-12-7-17(30)13-20(21)22-23-25(38-26-24(22)39-29(35)31-26)28(34)32(27(23)33)18-8-10-19(36-2)11-9-18/h3-13,22-23,25H,14H2,1-2H3,(H,31,35). The van der Waals surface area contributed by atoms with Crippen LogP contribution < -0.4 is 19.2 Å². The predicted octanol–water partition coefficient (Wildman–Crippen LogP) is 5.89. The van der Waals surface area contributed by atoms with Gasteiger partial charge in [0.2, 0.25) is 11.8 Å². The summed E-state index contributed by atoms with van der Waals surface area (Å²) in [6.07, 6.45) is 0. The van der Waals surface area contributed by atoms with Crippen LogP contribution in [0.1, 0.15) is 27.5 Å². The molecule has 198 valence electrons. The van der Waals surface area contributed by atoms with Crippen LogP contribution in [0.2, 0.25) is 0 Å². The number of amides is 2. The number of thiazole rings is 1. The molecular weight excluding hydrogens is 600 g/mol. The molecule has 2 aliphatic heterocycles. The Kier molecular flexibility index (Phi) is 6.86. The van der Waals surface area contributed by atoms with Gasteiger partial charge >= 0.3 is 4.87 Å². The number of nitrogens with one attached hydrogen (secondary N) is 1. The van der Waals surface area contributed by atoms with Gasteiger partial charge in [0.1, 0.15) is 23.4 Å². The number of benzene rings is 3. The molecule has 10 heteroatoms. The van der Waals surface area contributed by atoms with E-state index in [-0.39, 0.29) is 16.7 Å². The Morgan fingerprint density at radius 3 is 2.51 bits per heavy atom. The smallest absolute Gasteiger partial charge is 0.305 e. The summed E-state index contributed by atoms with van der Waals surface area (Å²) in [7, 11) is 1.56. The lowest BCUT2D eigenvalue weighted by molar-refractivity contribution is -0.122. The van der Waals surface area contributed by atoms with Crippen LogP contribution in [0.3, 0.4) is 0 Å². The molecule has 3 atom stereocenters. The van der Waals surface area contributed by atoms with E-state index in [9.17, 15) is 14.4 Å². The van der Waals surface area contributed by atoms with Crippen LogP contribution >= 0.6 is 39.0 Å². The maximum absolute atomic E-state index is 14.0. The number of rotatable bonds is 6. The molecule has 1 aromatic heterocycles. The molecule has 39 heavy (non-hydrogen) atoms. The minimum absolute atomic E-state index is 0.221. The number of fused-ring (bicyclic) bond motifs is 2. The zero-order valence-corrected chi connectivity index (χ0v) is 24.2. The first-order valence-corrected chi connectivity index (χ1v) is 14.7. The number of hydrogen-bond acceptors (Lipinski definition) is 7. The summed E-state index contributed by atoms with van der Waals surface area (Å²) in [5.41, 5.74) is 3.40. The number of aromatic amines is 1. The van der Waals surface area contributed by atoms with Crippen LogP contribution in [-0.4, -0.2) is 29.2 Å². The topological polar surface area (TPSA) is 88.7 Å². The zero-order valence-electron chi connectivity index (χ0n) is 21.0. The van der Waals surface area contributed by atoms with E-state index in [1.807, 2.05) is 49.4 Å². The third kappa shape index (κ3) is 4.60. The second-order valence-electron chi connectivity index (χ2n) is 9.36. The Hall–Kier alpha value is -3.34. The molecule has 1 fully saturated rings. The van der Waals surface area contributed by atoms with Crippen molar-refractivity contribution in [3.63, 3.8) is 0 Å². The van der Waals surface area contributed by atoms with Gasteiger partial charge in [0.05, 0.1) is 23.7 Å². The molecule has 1 saturated heterocycles. The molecule has 0 radical (unpaired) electrons. The maximum atomic E-state index is 14.0. The molecule has 6 rings (SSSR count). The Balaban J connectivity index is 1.44. The van der Waals surface area contributed by atoms with Crippen LogP contribution in [0.4, 0.5) is 5.69 Å². The van der Waals surface area contributed by atoms with Crippen LogP contribution in [0.15, 0.2) is 81.0 Å². The maximum Gasteiger partial charge on any atom is 0.305 e. The monoisotopic (exact) mass is 622 g/mol. The number of thioether (sulfide) groups is 1. The summed E-state index contributed by atoms with van der Waals surface area (Å²) in [6.45, 7) is 2.38. The van der Waals surface area contributed by atoms with E-state index < -0.39 is 17.1 Å². The van der Waals surface area contributed by atoms with E-state index >= 15 is 0 Å². The number of imide groups is 1. The third-order valence-corrected chi connectivity index (χ3v) is 10.0.